The number of fused-ring (bicyclic) bond motifs is 1. The van der Waals surface area contributed by atoms with Crippen LogP contribution in [0.15, 0.2) is 18.2 Å². The van der Waals surface area contributed by atoms with Gasteiger partial charge in [0, 0.05) is 26.2 Å². The maximum Gasteiger partial charge on any atom is 0.410 e. The van der Waals surface area contributed by atoms with Crippen molar-refractivity contribution in [2.45, 2.75) is 38.5 Å². The molecule has 1 aromatic carbocycles. The van der Waals surface area contributed by atoms with Crippen LogP contribution in [0.5, 0.6) is 0 Å². The summed E-state index contributed by atoms with van der Waals surface area (Å²) in [6.07, 6.45) is -0.486. The van der Waals surface area contributed by atoms with Crippen molar-refractivity contribution in [3.05, 3.63) is 41.0 Å². The van der Waals surface area contributed by atoms with Crippen LogP contribution in [0.4, 0.5) is 14.9 Å². The molecular formula is C19H24FN3O3. The Labute approximate surface area is 153 Å². The molecule has 1 aromatic rings. The SMILES string of the molecule is [C-]#[N+]c1cc([C@H]2CN3CCN(C(=O)OC(C)(C)C)C[C@H]3CO2)ccc1F. The van der Waals surface area contributed by atoms with Gasteiger partial charge in [-0.3, -0.25) is 4.90 Å². The van der Waals surface area contributed by atoms with E-state index >= 15 is 0 Å². The zero-order valence-electron chi connectivity index (χ0n) is 15.4. The third-order valence-corrected chi connectivity index (χ3v) is 4.61. The zero-order chi connectivity index (χ0) is 18.9. The first-order valence-electron chi connectivity index (χ1n) is 8.77. The molecule has 0 spiro atoms. The zero-order valence-corrected chi connectivity index (χ0v) is 15.4. The maximum absolute atomic E-state index is 13.5. The summed E-state index contributed by atoms with van der Waals surface area (Å²) in [7, 11) is 0. The highest BCUT2D eigenvalue weighted by Gasteiger charge is 2.36. The Morgan fingerprint density at radius 1 is 1.35 bits per heavy atom. The van der Waals surface area contributed by atoms with Gasteiger partial charge in [0.05, 0.1) is 25.3 Å². The van der Waals surface area contributed by atoms with Gasteiger partial charge in [-0.15, -0.1) is 0 Å². The molecule has 2 atom stereocenters. The molecule has 2 fully saturated rings. The number of piperazine rings is 1. The molecule has 2 aliphatic rings. The van der Waals surface area contributed by atoms with Crippen LogP contribution in [0.25, 0.3) is 4.85 Å². The van der Waals surface area contributed by atoms with Crippen LogP contribution in [0, 0.1) is 12.4 Å². The third-order valence-electron chi connectivity index (χ3n) is 4.61. The summed E-state index contributed by atoms with van der Waals surface area (Å²) in [5.41, 5.74) is 0.319. The molecule has 26 heavy (non-hydrogen) atoms. The normalized spacial score (nSPS) is 23.9. The number of carbonyl (C=O) groups excluding carboxylic acids is 1. The van der Waals surface area contributed by atoms with Crippen LogP contribution < -0.4 is 0 Å². The predicted octanol–water partition coefficient (Wildman–Crippen LogP) is 3.37. The van der Waals surface area contributed by atoms with Crippen molar-refractivity contribution in [1.29, 1.82) is 0 Å². The molecule has 2 aliphatic heterocycles. The van der Waals surface area contributed by atoms with E-state index in [1.165, 1.54) is 6.07 Å². The predicted molar refractivity (Wildman–Crippen MR) is 94.5 cm³/mol. The Morgan fingerprint density at radius 2 is 2.12 bits per heavy atom. The summed E-state index contributed by atoms with van der Waals surface area (Å²) in [5, 5.41) is 0. The van der Waals surface area contributed by atoms with E-state index in [9.17, 15) is 9.18 Å². The van der Waals surface area contributed by atoms with E-state index in [0.717, 1.165) is 12.1 Å². The average Bonchev–Trinajstić information content (AvgIpc) is 2.59. The highest BCUT2D eigenvalue weighted by Crippen LogP contribution is 2.30. The summed E-state index contributed by atoms with van der Waals surface area (Å²) >= 11 is 0. The van der Waals surface area contributed by atoms with E-state index in [4.69, 9.17) is 16.0 Å². The number of rotatable bonds is 1. The lowest BCUT2D eigenvalue weighted by Gasteiger charge is -2.46. The fraction of sp³-hybridized carbons (Fsp3) is 0.579. The van der Waals surface area contributed by atoms with Crippen LogP contribution in [0.3, 0.4) is 0 Å². The molecule has 0 saturated carbocycles. The number of benzene rings is 1. The van der Waals surface area contributed by atoms with Crippen LogP contribution in [0.1, 0.15) is 32.4 Å². The highest BCUT2D eigenvalue weighted by atomic mass is 19.1. The number of hydrogen-bond acceptors (Lipinski definition) is 4. The van der Waals surface area contributed by atoms with Gasteiger partial charge in [0.25, 0.3) is 0 Å². The van der Waals surface area contributed by atoms with E-state index in [2.05, 4.69) is 9.74 Å². The van der Waals surface area contributed by atoms with Gasteiger partial charge in [-0.1, -0.05) is 6.07 Å². The standard InChI is InChI=1S/C19H24FN3O3/c1-19(2,3)26-18(24)23-8-7-22-11-17(25-12-14(22)10-23)13-5-6-15(20)16(9-13)21-4/h5-6,9,14,17H,7-8,10-12H2,1-3H3/t14-,17+/m0/s1. The topological polar surface area (TPSA) is 46.4 Å². The monoisotopic (exact) mass is 361 g/mol. The first kappa shape index (κ1) is 18.6. The number of hydrogen-bond donors (Lipinski definition) is 0. The second kappa shape index (κ2) is 7.22. The maximum atomic E-state index is 13.5. The lowest BCUT2D eigenvalue weighted by atomic mass is 10.0. The largest absolute Gasteiger partial charge is 0.444 e. The van der Waals surface area contributed by atoms with Gasteiger partial charge in [0.1, 0.15) is 11.4 Å². The van der Waals surface area contributed by atoms with E-state index in [-0.39, 0.29) is 23.9 Å². The number of amides is 1. The number of ether oxygens (including phenoxy) is 2. The fourth-order valence-corrected chi connectivity index (χ4v) is 3.29. The van der Waals surface area contributed by atoms with Gasteiger partial charge >= 0.3 is 6.09 Å². The summed E-state index contributed by atoms with van der Waals surface area (Å²) in [5.74, 6) is -0.511. The molecule has 6 nitrogen and oxygen atoms in total. The van der Waals surface area contributed by atoms with Gasteiger partial charge < -0.3 is 14.4 Å². The van der Waals surface area contributed by atoms with Crippen molar-refractivity contribution in [3.63, 3.8) is 0 Å². The van der Waals surface area contributed by atoms with Crippen molar-refractivity contribution in [1.82, 2.24) is 9.80 Å². The molecule has 2 heterocycles. The summed E-state index contributed by atoms with van der Waals surface area (Å²) in [6.45, 7) is 15.7. The van der Waals surface area contributed by atoms with E-state index in [1.807, 2.05) is 20.8 Å². The van der Waals surface area contributed by atoms with Crippen LogP contribution in [0.2, 0.25) is 0 Å². The van der Waals surface area contributed by atoms with Gasteiger partial charge in [-0.05, 0) is 38.5 Å². The number of nitrogens with zero attached hydrogens (tertiary/aromatic N) is 3. The molecule has 7 heteroatoms. The molecule has 0 radical (unpaired) electrons. The van der Waals surface area contributed by atoms with E-state index in [1.54, 1.807) is 17.0 Å². The third kappa shape index (κ3) is 4.14. The molecule has 3 rings (SSSR count). The Kier molecular flexibility index (Phi) is 5.17. The molecule has 0 aromatic heterocycles. The molecule has 2 saturated heterocycles. The summed E-state index contributed by atoms with van der Waals surface area (Å²) in [6, 6.07) is 4.67. The van der Waals surface area contributed by atoms with Crippen molar-refractivity contribution < 1.29 is 18.7 Å². The van der Waals surface area contributed by atoms with E-state index in [0.29, 0.717) is 26.2 Å². The number of carbonyl (C=O) groups is 1. The summed E-state index contributed by atoms with van der Waals surface area (Å²) < 4.78 is 24.9. The Hall–Kier alpha value is -2.17. The molecule has 0 N–H and O–H groups in total. The van der Waals surface area contributed by atoms with Crippen LogP contribution in [-0.2, 0) is 9.47 Å². The molecule has 0 unspecified atom stereocenters. The summed E-state index contributed by atoms with van der Waals surface area (Å²) in [4.78, 5) is 19.5. The molecular weight excluding hydrogens is 337 g/mol. The minimum Gasteiger partial charge on any atom is -0.444 e. The van der Waals surface area contributed by atoms with Crippen molar-refractivity contribution in [2.24, 2.45) is 0 Å². The minimum atomic E-state index is -0.511. The lowest BCUT2D eigenvalue weighted by Crippen LogP contribution is -2.59. The number of halogens is 1. The quantitative estimate of drug-likeness (QED) is 0.720. The fourth-order valence-electron chi connectivity index (χ4n) is 3.29. The van der Waals surface area contributed by atoms with Gasteiger partial charge in [-0.25, -0.2) is 14.0 Å². The number of morpholine rings is 1. The average molecular weight is 361 g/mol. The Morgan fingerprint density at radius 3 is 2.81 bits per heavy atom. The lowest BCUT2D eigenvalue weighted by molar-refractivity contribution is -0.0906. The van der Waals surface area contributed by atoms with Crippen molar-refractivity contribution >= 4 is 11.8 Å². The highest BCUT2D eigenvalue weighted by molar-refractivity contribution is 5.68. The van der Waals surface area contributed by atoms with Crippen LogP contribution in [-0.4, -0.2) is 60.3 Å². The molecule has 140 valence electrons. The van der Waals surface area contributed by atoms with Crippen LogP contribution >= 0.6 is 0 Å². The van der Waals surface area contributed by atoms with Gasteiger partial charge in [0.15, 0.2) is 0 Å². The van der Waals surface area contributed by atoms with Gasteiger partial charge in [0.2, 0.25) is 5.69 Å². The smallest absolute Gasteiger partial charge is 0.410 e. The Balaban J connectivity index is 1.62. The molecule has 0 aliphatic carbocycles. The minimum absolute atomic E-state index is 0.0166. The first-order valence-corrected chi connectivity index (χ1v) is 8.77. The van der Waals surface area contributed by atoms with Gasteiger partial charge in [-0.2, -0.15) is 0 Å². The first-order chi connectivity index (χ1) is 12.3. The second-order valence-corrected chi connectivity index (χ2v) is 7.72. The molecule has 1 amide bonds. The van der Waals surface area contributed by atoms with Crippen molar-refractivity contribution in [2.75, 3.05) is 32.8 Å². The molecule has 0 bridgehead atoms. The van der Waals surface area contributed by atoms with Crippen molar-refractivity contribution in [3.8, 4) is 0 Å². The second-order valence-electron chi connectivity index (χ2n) is 7.72. The van der Waals surface area contributed by atoms with E-state index < -0.39 is 11.4 Å². The Bertz CT molecular complexity index is 726.